The molecule has 0 N–H and O–H groups in total. The molecule has 1 aromatic rings. The minimum atomic E-state index is 0.763. The number of halogens is 1. The van der Waals surface area contributed by atoms with Crippen LogP contribution in [0, 0.1) is 0 Å². The van der Waals surface area contributed by atoms with Gasteiger partial charge in [-0.2, -0.15) is 0 Å². The molecule has 0 saturated heterocycles. The smallest absolute Gasteiger partial charge is 0.122 e. The molecule has 0 saturated carbocycles. The summed E-state index contributed by atoms with van der Waals surface area (Å²) >= 11 is 5.86. The van der Waals surface area contributed by atoms with Gasteiger partial charge in [0.15, 0.2) is 0 Å². The molecule has 0 bridgehead atoms. The Labute approximate surface area is 76.6 Å². The number of allylic oxidation sites excluding steroid dienone is 1. The molecule has 1 aliphatic rings. The first-order valence-electron chi connectivity index (χ1n) is 3.84. The first kappa shape index (κ1) is 7.69. The summed E-state index contributed by atoms with van der Waals surface area (Å²) in [6.07, 6.45) is 3.02. The summed E-state index contributed by atoms with van der Waals surface area (Å²) in [5.74, 6) is 0.938. The van der Waals surface area contributed by atoms with Crippen molar-refractivity contribution in [1.82, 2.24) is 0 Å². The Balaban J connectivity index is 2.50. The number of hydrogen-bond donors (Lipinski definition) is 0. The summed E-state index contributed by atoms with van der Waals surface area (Å²) in [5, 5.41) is 0.763. The van der Waals surface area contributed by atoms with Crippen LogP contribution in [0.5, 0.6) is 0 Å². The van der Waals surface area contributed by atoms with Crippen LogP contribution in [-0.4, -0.2) is 7.11 Å². The molecule has 2 heteroatoms. The molecule has 62 valence electrons. The summed E-state index contributed by atoms with van der Waals surface area (Å²) in [5.41, 5.74) is 2.42. The van der Waals surface area contributed by atoms with Gasteiger partial charge >= 0.3 is 0 Å². The molecule has 0 fully saturated rings. The predicted molar refractivity (Wildman–Crippen MR) is 50.1 cm³/mol. The Morgan fingerprint density at radius 1 is 1.42 bits per heavy atom. The van der Waals surface area contributed by atoms with E-state index in [0.717, 1.165) is 22.8 Å². The first-order chi connectivity index (χ1) is 5.81. The van der Waals surface area contributed by atoms with Crippen molar-refractivity contribution in [2.45, 2.75) is 6.42 Å². The summed E-state index contributed by atoms with van der Waals surface area (Å²) in [4.78, 5) is 0. The third-order valence-corrected chi connectivity index (χ3v) is 2.30. The maximum Gasteiger partial charge on any atom is 0.122 e. The van der Waals surface area contributed by atoms with E-state index in [4.69, 9.17) is 16.3 Å². The average molecular weight is 181 g/mol. The van der Waals surface area contributed by atoms with Crippen LogP contribution in [-0.2, 0) is 11.2 Å². The van der Waals surface area contributed by atoms with Gasteiger partial charge in [-0.3, -0.25) is 0 Å². The Kier molecular flexibility index (Phi) is 1.81. The topological polar surface area (TPSA) is 9.23 Å². The normalized spacial score (nSPS) is 14.0. The largest absolute Gasteiger partial charge is 0.496 e. The van der Waals surface area contributed by atoms with E-state index < -0.39 is 0 Å². The molecule has 0 aromatic heterocycles. The fraction of sp³-hybridized carbons (Fsp3) is 0.200. The summed E-state index contributed by atoms with van der Waals surface area (Å²) < 4.78 is 5.20. The Hall–Kier alpha value is -0.950. The lowest BCUT2D eigenvalue weighted by Gasteiger charge is -2.03. The van der Waals surface area contributed by atoms with E-state index >= 15 is 0 Å². The molecule has 0 radical (unpaired) electrons. The fourth-order valence-electron chi connectivity index (χ4n) is 1.46. The van der Waals surface area contributed by atoms with E-state index in [0.29, 0.717) is 0 Å². The lowest BCUT2D eigenvalue weighted by atomic mass is 10.1. The highest BCUT2D eigenvalue weighted by molar-refractivity contribution is 6.30. The van der Waals surface area contributed by atoms with Crippen LogP contribution in [0.1, 0.15) is 11.1 Å². The molecule has 0 aliphatic heterocycles. The minimum absolute atomic E-state index is 0.763. The van der Waals surface area contributed by atoms with Crippen molar-refractivity contribution in [2.24, 2.45) is 0 Å². The van der Waals surface area contributed by atoms with Gasteiger partial charge in [0.1, 0.15) is 5.76 Å². The second kappa shape index (κ2) is 2.83. The molecular weight excluding hydrogens is 172 g/mol. The highest BCUT2D eigenvalue weighted by atomic mass is 35.5. The molecular formula is C10H9ClO. The quantitative estimate of drug-likeness (QED) is 0.646. The van der Waals surface area contributed by atoms with Crippen LogP contribution in [0.3, 0.4) is 0 Å². The van der Waals surface area contributed by atoms with Crippen molar-refractivity contribution in [3.63, 3.8) is 0 Å². The van der Waals surface area contributed by atoms with Gasteiger partial charge in [-0.25, -0.2) is 0 Å². The van der Waals surface area contributed by atoms with E-state index in [2.05, 4.69) is 6.08 Å². The molecule has 0 atom stereocenters. The number of ether oxygens (including phenoxy) is 1. The lowest BCUT2D eigenvalue weighted by Crippen LogP contribution is -1.85. The SMILES string of the molecule is COC1=CCc2ccc(Cl)cc21. The van der Waals surface area contributed by atoms with Gasteiger partial charge in [0.2, 0.25) is 0 Å². The monoisotopic (exact) mass is 180 g/mol. The van der Waals surface area contributed by atoms with E-state index in [1.165, 1.54) is 5.56 Å². The van der Waals surface area contributed by atoms with Crippen LogP contribution >= 0.6 is 11.6 Å². The van der Waals surface area contributed by atoms with Gasteiger partial charge in [-0.1, -0.05) is 17.7 Å². The van der Waals surface area contributed by atoms with Crippen LogP contribution in [0.2, 0.25) is 5.02 Å². The van der Waals surface area contributed by atoms with Crippen LogP contribution in [0.25, 0.3) is 5.76 Å². The maximum absolute atomic E-state index is 5.86. The maximum atomic E-state index is 5.86. The van der Waals surface area contributed by atoms with Gasteiger partial charge in [-0.05, 0) is 30.2 Å². The van der Waals surface area contributed by atoms with Crippen molar-refractivity contribution in [3.05, 3.63) is 40.4 Å². The van der Waals surface area contributed by atoms with Crippen molar-refractivity contribution in [1.29, 1.82) is 0 Å². The Morgan fingerprint density at radius 3 is 3.00 bits per heavy atom. The average Bonchev–Trinajstić information content (AvgIpc) is 2.46. The number of benzene rings is 1. The zero-order valence-electron chi connectivity index (χ0n) is 6.80. The molecule has 0 unspecified atom stereocenters. The van der Waals surface area contributed by atoms with Gasteiger partial charge in [0.05, 0.1) is 7.11 Å². The van der Waals surface area contributed by atoms with Crippen LogP contribution in [0.4, 0.5) is 0 Å². The summed E-state index contributed by atoms with van der Waals surface area (Å²) in [6.45, 7) is 0. The van der Waals surface area contributed by atoms with Crippen molar-refractivity contribution in [3.8, 4) is 0 Å². The molecule has 0 heterocycles. The zero-order chi connectivity index (χ0) is 8.55. The van der Waals surface area contributed by atoms with E-state index in [1.807, 2.05) is 18.2 Å². The van der Waals surface area contributed by atoms with Crippen LogP contribution < -0.4 is 0 Å². The third-order valence-electron chi connectivity index (χ3n) is 2.06. The van der Waals surface area contributed by atoms with Gasteiger partial charge in [-0.15, -0.1) is 0 Å². The molecule has 0 spiro atoms. The van der Waals surface area contributed by atoms with Crippen molar-refractivity contribution < 1.29 is 4.74 Å². The molecule has 2 rings (SSSR count). The highest BCUT2D eigenvalue weighted by Crippen LogP contribution is 2.29. The summed E-state index contributed by atoms with van der Waals surface area (Å²) in [6, 6.07) is 5.90. The predicted octanol–water partition coefficient (Wildman–Crippen LogP) is 2.88. The number of fused-ring (bicyclic) bond motifs is 1. The summed E-state index contributed by atoms with van der Waals surface area (Å²) in [7, 11) is 1.68. The molecule has 1 aliphatic carbocycles. The Bertz CT molecular complexity index is 342. The van der Waals surface area contributed by atoms with Crippen molar-refractivity contribution in [2.75, 3.05) is 7.11 Å². The molecule has 1 aromatic carbocycles. The lowest BCUT2D eigenvalue weighted by molar-refractivity contribution is 0.371. The second-order valence-corrected chi connectivity index (χ2v) is 3.21. The second-order valence-electron chi connectivity index (χ2n) is 2.78. The number of hydrogen-bond acceptors (Lipinski definition) is 1. The Morgan fingerprint density at radius 2 is 2.25 bits per heavy atom. The van der Waals surface area contributed by atoms with E-state index in [1.54, 1.807) is 7.11 Å². The third kappa shape index (κ3) is 1.10. The zero-order valence-corrected chi connectivity index (χ0v) is 7.56. The highest BCUT2D eigenvalue weighted by Gasteiger charge is 2.13. The van der Waals surface area contributed by atoms with Crippen LogP contribution in [0.15, 0.2) is 24.3 Å². The molecule has 1 nitrogen and oxygen atoms in total. The fourth-order valence-corrected chi connectivity index (χ4v) is 1.63. The first-order valence-corrected chi connectivity index (χ1v) is 4.22. The molecule has 12 heavy (non-hydrogen) atoms. The van der Waals surface area contributed by atoms with E-state index in [9.17, 15) is 0 Å². The standard InChI is InChI=1S/C10H9ClO/c1-12-10-5-3-7-2-4-8(11)6-9(7)10/h2,4-6H,3H2,1H3. The van der Waals surface area contributed by atoms with Gasteiger partial charge < -0.3 is 4.74 Å². The minimum Gasteiger partial charge on any atom is -0.496 e. The van der Waals surface area contributed by atoms with Gasteiger partial charge in [0, 0.05) is 10.6 Å². The number of methoxy groups -OCH3 is 1. The van der Waals surface area contributed by atoms with Gasteiger partial charge in [0.25, 0.3) is 0 Å². The molecule has 0 amide bonds. The van der Waals surface area contributed by atoms with Crippen molar-refractivity contribution >= 4 is 17.4 Å². The van der Waals surface area contributed by atoms with E-state index in [-0.39, 0.29) is 0 Å². The number of rotatable bonds is 1.